The quantitative estimate of drug-likeness (QED) is 0.766. The molecule has 25 heavy (non-hydrogen) atoms. The van der Waals surface area contributed by atoms with E-state index in [1.54, 1.807) is 0 Å². The van der Waals surface area contributed by atoms with Gasteiger partial charge >= 0.3 is 0 Å². The van der Waals surface area contributed by atoms with Crippen molar-refractivity contribution in [3.8, 4) is 0 Å². The van der Waals surface area contributed by atoms with Crippen LogP contribution in [0.5, 0.6) is 0 Å². The van der Waals surface area contributed by atoms with Crippen molar-refractivity contribution in [1.82, 2.24) is 20.0 Å². The third kappa shape index (κ3) is 3.17. The molecule has 0 aliphatic carbocycles. The number of nitrogens with zero attached hydrogens (tertiary/aromatic N) is 3. The van der Waals surface area contributed by atoms with Crippen LogP contribution in [0.1, 0.15) is 20.9 Å². The minimum atomic E-state index is 0.117. The zero-order chi connectivity index (χ0) is 17.4. The Balaban J connectivity index is 1.66. The average Bonchev–Trinajstić information content (AvgIpc) is 3.19. The Morgan fingerprint density at radius 1 is 1.32 bits per heavy atom. The molecule has 1 fully saturated rings. The number of thiophene rings is 1. The number of carbonyl (C=O) groups excluding carboxylic acids is 1. The van der Waals surface area contributed by atoms with Crippen molar-refractivity contribution < 1.29 is 4.79 Å². The van der Waals surface area contributed by atoms with Gasteiger partial charge in [0.25, 0.3) is 5.91 Å². The monoisotopic (exact) mass is 374 g/mol. The van der Waals surface area contributed by atoms with Gasteiger partial charge in [-0.25, -0.2) is 0 Å². The second-order valence-electron chi connectivity index (χ2n) is 6.21. The number of amides is 1. The molecule has 0 spiro atoms. The first-order chi connectivity index (χ1) is 12.1. The summed E-state index contributed by atoms with van der Waals surface area (Å²) in [7, 11) is 0. The van der Waals surface area contributed by atoms with E-state index in [4.69, 9.17) is 11.6 Å². The highest BCUT2D eigenvalue weighted by atomic mass is 35.5. The number of halogens is 1. The summed E-state index contributed by atoms with van der Waals surface area (Å²) in [6, 6.07) is 9.77. The van der Waals surface area contributed by atoms with E-state index in [2.05, 4.69) is 10.4 Å². The number of piperazine rings is 1. The molecule has 3 heterocycles. The summed E-state index contributed by atoms with van der Waals surface area (Å²) < 4.78 is 1.95. The summed E-state index contributed by atoms with van der Waals surface area (Å²) in [6.07, 6.45) is 0. The fourth-order valence-corrected chi connectivity index (χ4v) is 4.46. The molecule has 4 rings (SSSR count). The van der Waals surface area contributed by atoms with Gasteiger partial charge in [-0.15, -0.1) is 11.3 Å². The number of fused-ring (bicyclic) bond motifs is 1. The van der Waals surface area contributed by atoms with Gasteiger partial charge in [-0.05, 0) is 24.6 Å². The third-order valence-electron chi connectivity index (χ3n) is 4.50. The van der Waals surface area contributed by atoms with Crippen LogP contribution in [-0.2, 0) is 6.54 Å². The standard InChI is InChI=1S/C18H19ClN4OS/c1-12-14-10-16(17(24)22-8-6-20-7-9-22)25-18(14)23(21-12)11-13-4-2-3-5-15(13)19/h2-5,10,20H,6-9,11H2,1H3. The topological polar surface area (TPSA) is 50.2 Å². The van der Waals surface area contributed by atoms with Gasteiger partial charge in [-0.3, -0.25) is 9.48 Å². The van der Waals surface area contributed by atoms with Crippen molar-refractivity contribution in [3.05, 3.63) is 51.5 Å². The van der Waals surface area contributed by atoms with Crippen molar-refractivity contribution in [3.63, 3.8) is 0 Å². The lowest BCUT2D eigenvalue weighted by atomic mass is 10.2. The number of hydrogen-bond donors (Lipinski definition) is 1. The van der Waals surface area contributed by atoms with Crippen molar-refractivity contribution in [2.24, 2.45) is 0 Å². The second kappa shape index (κ2) is 6.78. The zero-order valence-corrected chi connectivity index (χ0v) is 15.5. The van der Waals surface area contributed by atoms with Gasteiger partial charge in [-0.2, -0.15) is 5.10 Å². The highest BCUT2D eigenvalue weighted by Gasteiger charge is 2.22. The molecule has 1 amide bonds. The number of rotatable bonds is 3. The smallest absolute Gasteiger partial charge is 0.264 e. The van der Waals surface area contributed by atoms with Crippen LogP contribution >= 0.6 is 22.9 Å². The Morgan fingerprint density at radius 2 is 2.08 bits per heavy atom. The zero-order valence-electron chi connectivity index (χ0n) is 14.0. The van der Waals surface area contributed by atoms with Crippen LogP contribution in [0.4, 0.5) is 0 Å². The fourth-order valence-electron chi connectivity index (χ4n) is 3.14. The fraction of sp³-hybridized carbons (Fsp3) is 0.333. The minimum Gasteiger partial charge on any atom is -0.335 e. The van der Waals surface area contributed by atoms with Crippen LogP contribution in [0.25, 0.3) is 10.2 Å². The predicted molar refractivity (Wildman–Crippen MR) is 102 cm³/mol. The summed E-state index contributed by atoms with van der Waals surface area (Å²) >= 11 is 7.80. The number of aryl methyl sites for hydroxylation is 1. The summed E-state index contributed by atoms with van der Waals surface area (Å²) in [5.74, 6) is 0.117. The molecule has 5 nitrogen and oxygen atoms in total. The molecule has 1 N–H and O–H groups in total. The summed E-state index contributed by atoms with van der Waals surface area (Å²) in [4.78, 5) is 16.5. The normalized spacial score (nSPS) is 15.0. The van der Waals surface area contributed by atoms with Gasteiger partial charge < -0.3 is 10.2 Å². The molecular formula is C18H19ClN4OS. The van der Waals surface area contributed by atoms with Crippen molar-refractivity contribution >= 4 is 39.1 Å². The Kier molecular flexibility index (Phi) is 4.50. The first-order valence-electron chi connectivity index (χ1n) is 8.34. The number of aromatic nitrogens is 2. The average molecular weight is 375 g/mol. The van der Waals surface area contributed by atoms with Gasteiger partial charge in [0.2, 0.25) is 0 Å². The summed E-state index contributed by atoms with van der Waals surface area (Å²) in [6.45, 7) is 5.82. The van der Waals surface area contributed by atoms with E-state index in [1.165, 1.54) is 11.3 Å². The number of carbonyl (C=O) groups is 1. The van der Waals surface area contributed by atoms with Crippen LogP contribution in [-0.4, -0.2) is 46.8 Å². The molecule has 0 unspecified atom stereocenters. The van der Waals surface area contributed by atoms with E-state index in [-0.39, 0.29) is 5.91 Å². The lowest BCUT2D eigenvalue weighted by Crippen LogP contribution is -2.46. The van der Waals surface area contributed by atoms with E-state index in [0.717, 1.165) is 57.6 Å². The van der Waals surface area contributed by atoms with E-state index >= 15 is 0 Å². The summed E-state index contributed by atoms with van der Waals surface area (Å²) in [5, 5.41) is 9.69. The Hall–Kier alpha value is -1.89. The van der Waals surface area contributed by atoms with Crippen molar-refractivity contribution in [1.29, 1.82) is 0 Å². The molecule has 0 bridgehead atoms. The summed E-state index contributed by atoms with van der Waals surface area (Å²) in [5.41, 5.74) is 1.97. The Morgan fingerprint density at radius 3 is 2.84 bits per heavy atom. The SMILES string of the molecule is Cc1nn(Cc2ccccc2Cl)c2sc(C(=O)N3CCNCC3)cc12. The maximum atomic E-state index is 12.8. The molecule has 1 aromatic carbocycles. The van der Waals surface area contributed by atoms with Crippen LogP contribution < -0.4 is 5.32 Å². The lowest BCUT2D eigenvalue weighted by Gasteiger charge is -2.26. The molecule has 1 aliphatic heterocycles. The van der Waals surface area contributed by atoms with Gasteiger partial charge in [0.1, 0.15) is 4.83 Å². The van der Waals surface area contributed by atoms with Crippen molar-refractivity contribution in [2.45, 2.75) is 13.5 Å². The van der Waals surface area contributed by atoms with Gasteiger partial charge in [0.05, 0.1) is 17.1 Å². The van der Waals surface area contributed by atoms with Crippen LogP contribution in [0, 0.1) is 6.92 Å². The number of benzene rings is 1. The van der Waals surface area contributed by atoms with Gasteiger partial charge in [0, 0.05) is 36.6 Å². The van der Waals surface area contributed by atoms with E-state index in [9.17, 15) is 4.79 Å². The molecule has 1 saturated heterocycles. The molecule has 1 aliphatic rings. The molecule has 2 aromatic heterocycles. The minimum absolute atomic E-state index is 0.117. The highest BCUT2D eigenvalue weighted by molar-refractivity contribution is 7.20. The van der Waals surface area contributed by atoms with Gasteiger partial charge in [0.15, 0.2) is 0 Å². The Bertz CT molecular complexity index is 926. The third-order valence-corrected chi connectivity index (χ3v) is 6.01. The molecule has 7 heteroatoms. The molecule has 0 saturated carbocycles. The molecule has 3 aromatic rings. The van der Waals surface area contributed by atoms with E-state index < -0.39 is 0 Å². The highest BCUT2D eigenvalue weighted by Crippen LogP contribution is 2.30. The molecule has 130 valence electrons. The van der Waals surface area contributed by atoms with Gasteiger partial charge in [-0.1, -0.05) is 29.8 Å². The second-order valence-corrected chi connectivity index (χ2v) is 7.64. The van der Waals surface area contributed by atoms with Crippen LogP contribution in [0.15, 0.2) is 30.3 Å². The molecule has 0 radical (unpaired) electrons. The molecule has 0 atom stereocenters. The van der Waals surface area contributed by atoms with E-state index in [0.29, 0.717) is 6.54 Å². The largest absolute Gasteiger partial charge is 0.335 e. The van der Waals surface area contributed by atoms with Crippen LogP contribution in [0.2, 0.25) is 5.02 Å². The first kappa shape index (κ1) is 16.6. The Labute approximate surface area is 155 Å². The predicted octanol–water partition coefficient (Wildman–Crippen LogP) is 3.15. The van der Waals surface area contributed by atoms with E-state index in [1.807, 2.05) is 46.8 Å². The first-order valence-corrected chi connectivity index (χ1v) is 9.53. The maximum absolute atomic E-state index is 12.8. The van der Waals surface area contributed by atoms with Crippen LogP contribution in [0.3, 0.4) is 0 Å². The number of hydrogen-bond acceptors (Lipinski definition) is 4. The lowest BCUT2D eigenvalue weighted by molar-refractivity contribution is 0.0741. The molecular weight excluding hydrogens is 356 g/mol. The maximum Gasteiger partial charge on any atom is 0.264 e. The number of nitrogens with one attached hydrogen (secondary N) is 1. The van der Waals surface area contributed by atoms with Crippen molar-refractivity contribution in [2.75, 3.05) is 26.2 Å².